The molecule has 0 saturated carbocycles. The normalized spacial score (nSPS) is 13.3. The molecule has 3 aromatic rings. The monoisotopic (exact) mass is 410 g/mol. The van der Waals surface area contributed by atoms with Crippen molar-refractivity contribution in [3.05, 3.63) is 65.3 Å². The number of carbonyl (C=O) groups is 1. The van der Waals surface area contributed by atoms with E-state index in [0.717, 1.165) is 31.5 Å². The summed E-state index contributed by atoms with van der Waals surface area (Å²) in [6, 6.07) is 7.19. The van der Waals surface area contributed by atoms with Crippen LogP contribution in [0.3, 0.4) is 0 Å². The van der Waals surface area contributed by atoms with E-state index in [-0.39, 0.29) is 10.7 Å². The SMILES string of the molecule is O=C(Nc1ncccc1OCc1ccncc1)c1nc(N2CCCC2)ncc1Cl. The van der Waals surface area contributed by atoms with Crippen molar-refractivity contribution < 1.29 is 9.53 Å². The highest BCUT2D eigenvalue weighted by molar-refractivity contribution is 6.34. The molecule has 1 N–H and O–H groups in total. The Bertz CT molecular complexity index is 995. The molecule has 1 aliphatic rings. The molecule has 4 rings (SSSR count). The maximum Gasteiger partial charge on any atom is 0.277 e. The predicted molar refractivity (Wildman–Crippen MR) is 109 cm³/mol. The maximum absolute atomic E-state index is 12.8. The Balaban J connectivity index is 1.50. The zero-order valence-corrected chi connectivity index (χ0v) is 16.3. The van der Waals surface area contributed by atoms with Gasteiger partial charge in [0.1, 0.15) is 6.61 Å². The molecule has 4 heterocycles. The lowest BCUT2D eigenvalue weighted by Crippen LogP contribution is -2.23. The average molecular weight is 411 g/mol. The molecule has 9 heteroatoms. The number of rotatable bonds is 6. The van der Waals surface area contributed by atoms with Gasteiger partial charge in [-0.15, -0.1) is 0 Å². The van der Waals surface area contributed by atoms with Gasteiger partial charge < -0.3 is 15.0 Å². The van der Waals surface area contributed by atoms with E-state index < -0.39 is 5.91 Å². The first-order chi connectivity index (χ1) is 14.2. The van der Waals surface area contributed by atoms with Crippen molar-refractivity contribution in [2.24, 2.45) is 0 Å². The summed E-state index contributed by atoms with van der Waals surface area (Å²) in [5.41, 5.74) is 1.06. The summed E-state index contributed by atoms with van der Waals surface area (Å²) < 4.78 is 5.82. The smallest absolute Gasteiger partial charge is 0.277 e. The Morgan fingerprint density at radius 3 is 2.72 bits per heavy atom. The topological polar surface area (TPSA) is 93.1 Å². The zero-order chi connectivity index (χ0) is 20.1. The van der Waals surface area contributed by atoms with Crippen LogP contribution in [0.1, 0.15) is 28.9 Å². The van der Waals surface area contributed by atoms with E-state index >= 15 is 0 Å². The average Bonchev–Trinajstić information content (AvgIpc) is 3.29. The van der Waals surface area contributed by atoms with Crippen molar-refractivity contribution in [1.29, 1.82) is 0 Å². The Morgan fingerprint density at radius 2 is 1.93 bits per heavy atom. The van der Waals surface area contributed by atoms with Crippen molar-refractivity contribution in [2.45, 2.75) is 19.4 Å². The van der Waals surface area contributed by atoms with E-state index in [2.05, 4.69) is 25.3 Å². The van der Waals surface area contributed by atoms with Gasteiger partial charge in [-0.05, 0) is 42.7 Å². The quantitative estimate of drug-likeness (QED) is 0.665. The summed E-state index contributed by atoms with van der Waals surface area (Å²) in [5.74, 6) is 0.782. The van der Waals surface area contributed by atoms with Gasteiger partial charge >= 0.3 is 0 Å². The van der Waals surface area contributed by atoms with Crippen LogP contribution in [0.2, 0.25) is 5.02 Å². The van der Waals surface area contributed by atoms with Gasteiger partial charge in [0.05, 0.1) is 11.2 Å². The Morgan fingerprint density at radius 1 is 1.14 bits per heavy atom. The van der Waals surface area contributed by atoms with Gasteiger partial charge in [-0.1, -0.05) is 11.6 Å². The van der Waals surface area contributed by atoms with E-state index in [1.54, 1.807) is 30.7 Å². The first kappa shape index (κ1) is 19.1. The number of halogens is 1. The molecule has 0 atom stereocenters. The molecular weight excluding hydrogens is 392 g/mol. The molecule has 0 spiro atoms. The summed E-state index contributed by atoms with van der Waals surface area (Å²) in [5, 5.41) is 2.92. The van der Waals surface area contributed by atoms with E-state index in [4.69, 9.17) is 16.3 Å². The number of amides is 1. The molecule has 148 valence electrons. The van der Waals surface area contributed by atoms with Crippen LogP contribution in [0.5, 0.6) is 5.75 Å². The van der Waals surface area contributed by atoms with Crippen LogP contribution in [0.4, 0.5) is 11.8 Å². The molecule has 0 aliphatic carbocycles. The van der Waals surface area contributed by atoms with Crippen molar-refractivity contribution in [2.75, 3.05) is 23.3 Å². The van der Waals surface area contributed by atoms with E-state index in [0.29, 0.717) is 24.1 Å². The number of carbonyl (C=O) groups excluding carboxylic acids is 1. The number of hydrogen-bond donors (Lipinski definition) is 1. The molecule has 0 radical (unpaired) electrons. The van der Waals surface area contributed by atoms with Crippen LogP contribution in [0, 0.1) is 0 Å². The summed E-state index contributed by atoms with van der Waals surface area (Å²) in [6.07, 6.45) is 8.58. The number of aromatic nitrogens is 4. The van der Waals surface area contributed by atoms with Crippen molar-refractivity contribution >= 4 is 29.3 Å². The van der Waals surface area contributed by atoms with E-state index in [1.165, 1.54) is 6.20 Å². The molecule has 1 aliphatic heterocycles. The number of nitrogens with one attached hydrogen (secondary N) is 1. The van der Waals surface area contributed by atoms with Gasteiger partial charge in [0.15, 0.2) is 17.3 Å². The summed E-state index contributed by atoms with van der Waals surface area (Å²) in [6.45, 7) is 2.07. The van der Waals surface area contributed by atoms with E-state index in [9.17, 15) is 4.79 Å². The molecule has 1 amide bonds. The number of anilines is 2. The third-order valence-corrected chi connectivity index (χ3v) is 4.76. The maximum atomic E-state index is 12.8. The summed E-state index contributed by atoms with van der Waals surface area (Å²) >= 11 is 6.18. The largest absolute Gasteiger partial charge is 0.485 e. The van der Waals surface area contributed by atoms with Gasteiger partial charge in [-0.2, -0.15) is 0 Å². The number of pyridine rings is 2. The third kappa shape index (κ3) is 4.60. The van der Waals surface area contributed by atoms with Crippen LogP contribution in [-0.4, -0.2) is 38.9 Å². The van der Waals surface area contributed by atoms with Crippen LogP contribution in [-0.2, 0) is 6.61 Å². The number of hydrogen-bond acceptors (Lipinski definition) is 7. The summed E-state index contributed by atoms with van der Waals surface area (Å²) in [4.78, 5) is 31.7. The fourth-order valence-electron chi connectivity index (χ4n) is 2.99. The fraction of sp³-hybridized carbons (Fsp3) is 0.250. The molecule has 0 bridgehead atoms. The van der Waals surface area contributed by atoms with Crippen molar-refractivity contribution in [3.8, 4) is 5.75 Å². The first-order valence-corrected chi connectivity index (χ1v) is 9.64. The molecule has 29 heavy (non-hydrogen) atoms. The van der Waals surface area contributed by atoms with Crippen LogP contribution in [0.15, 0.2) is 49.1 Å². The molecule has 0 unspecified atom stereocenters. The highest BCUT2D eigenvalue weighted by Crippen LogP contribution is 2.25. The van der Waals surface area contributed by atoms with Crippen molar-refractivity contribution in [1.82, 2.24) is 19.9 Å². The van der Waals surface area contributed by atoms with Gasteiger partial charge in [0, 0.05) is 31.7 Å². The van der Waals surface area contributed by atoms with Crippen LogP contribution < -0.4 is 15.0 Å². The zero-order valence-electron chi connectivity index (χ0n) is 15.6. The molecule has 8 nitrogen and oxygen atoms in total. The number of ether oxygens (including phenoxy) is 1. The van der Waals surface area contributed by atoms with Crippen LogP contribution >= 0.6 is 11.6 Å². The summed E-state index contributed by atoms with van der Waals surface area (Å²) in [7, 11) is 0. The second-order valence-corrected chi connectivity index (χ2v) is 6.92. The second kappa shape index (κ2) is 8.83. The minimum absolute atomic E-state index is 0.106. The fourth-order valence-corrected chi connectivity index (χ4v) is 3.17. The predicted octanol–water partition coefficient (Wildman–Crippen LogP) is 3.35. The van der Waals surface area contributed by atoms with Gasteiger partial charge in [-0.3, -0.25) is 9.78 Å². The molecular formula is C20H19ClN6O2. The highest BCUT2D eigenvalue weighted by Gasteiger charge is 2.21. The Labute approximate surface area is 172 Å². The number of nitrogens with zero attached hydrogens (tertiary/aromatic N) is 5. The van der Waals surface area contributed by atoms with Gasteiger partial charge in [-0.25, -0.2) is 15.0 Å². The third-order valence-electron chi connectivity index (χ3n) is 4.48. The minimum Gasteiger partial charge on any atom is -0.485 e. The Hall–Kier alpha value is -3.26. The highest BCUT2D eigenvalue weighted by atomic mass is 35.5. The first-order valence-electron chi connectivity index (χ1n) is 9.26. The van der Waals surface area contributed by atoms with Crippen molar-refractivity contribution in [3.63, 3.8) is 0 Å². The Kier molecular flexibility index (Phi) is 5.81. The van der Waals surface area contributed by atoms with E-state index in [1.807, 2.05) is 17.0 Å². The lowest BCUT2D eigenvalue weighted by molar-refractivity contribution is 0.102. The van der Waals surface area contributed by atoms with Gasteiger partial charge in [0.2, 0.25) is 5.95 Å². The molecule has 0 aromatic carbocycles. The molecule has 1 saturated heterocycles. The standard InChI is InChI=1S/C20H19ClN6O2/c21-15-12-24-20(27-10-1-2-11-27)25-17(15)19(28)26-18-16(4-3-7-23-18)29-13-14-5-8-22-9-6-14/h3-9,12H,1-2,10-11,13H2,(H,23,26,28). The van der Waals surface area contributed by atoms with Gasteiger partial charge in [0.25, 0.3) is 5.91 Å². The molecule has 3 aromatic heterocycles. The van der Waals surface area contributed by atoms with Crippen LogP contribution in [0.25, 0.3) is 0 Å². The second-order valence-electron chi connectivity index (χ2n) is 6.51. The lowest BCUT2D eigenvalue weighted by atomic mass is 10.3. The minimum atomic E-state index is -0.467. The lowest BCUT2D eigenvalue weighted by Gasteiger charge is -2.16. The molecule has 1 fully saturated rings.